The van der Waals surface area contributed by atoms with E-state index in [1.54, 1.807) is 13.8 Å². The van der Waals surface area contributed by atoms with Crippen molar-refractivity contribution in [2.24, 2.45) is 11.7 Å². The fraction of sp³-hybridized carbons (Fsp3) is 0.455. The van der Waals surface area contributed by atoms with Gasteiger partial charge in [-0.1, -0.05) is 44.2 Å². The molecule has 0 unspecified atom stereocenters. The summed E-state index contributed by atoms with van der Waals surface area (Å²) in [6.07, 6.45) is 3.94. The quantitative estimate of drug-likeness (QED) is 0.0653. The van der Waals surface area contributed by atoms with Gasteiger partial charge in [-0.05, 0) is 41.7 Å². The van der Waals surface area contributed by atoms with Crippen LogP contribution in [0.4, 0.5) is 0 Å². The molecule has 3 aromatic heterocycles. The van der Waals surface area contributed by atoms with Gasteiger partial charge >= 0.3 is 11.9 Å². The van der Waals surface area contributed by atoms with E-state index in [2.05, 4.69) is 35.0 Å². The molecule has 0 radical (unpaired) electrons. The van der Waals surface area contributed by atoms with Gasteiger partial charge in [-0.25, -0.2) is 9.78 Å². The molecule has 5 aromatic rings. The summed E-state index contributed by atoms with van der Waals surface area (Å²) >= 11 is 0. The SMILES string of the molecule is CC(C)[C@H](NC(=O)[C@@H]1CCCN1C(=O)[C@H](CC(=O)O)NC(=O)CCOCCOCCOCCN)C(=O)OC1=c2cc3c4nc5cccc6cccc(c4cn3cc2COC1)c65. The maximum atomic E-state index is 13.9. The number of pyridine rings is 2. The first-order valence-corrected chi connectivity index (χ1v) is 20.7. The van der Waals surface area contributed by atoms with Crippen molar-refractivity contribution in [2.45, 2.75) is 64.3 Å². The molecule has 3 atom stereocenters. The van der Waals surface area contributed by atoms with Gasteiger partial charge in [0.05, 0.1) is 69.2 Å². The summed E-state index contributed by atoms with van der Waals surface area (Å²) in [6.45, 7) is 6.21. The van der Waals surface area contributed by atoms with Gasteiger partial charge in [0.15, 0.2) is 0 Å². The molecule has 5 N–H and O–H groups in total. The Balaban J connectivity index is 1.01. The highest BCUT2D eigenvalue weighted by molar-refractivity contribution is 6.21. The predicted molar refractivity (Wildman–Crippen MR) is 224 cm³/mol. The van der Waals surface area contributed by atoms with Crippen LogP contribution in [0, 0.1) is 5.92 Å². The molecule has 2 aliphatic heterocycles. The van der Waals surface area contributed by atoms with Gasteiger partial charge in [-0.3, -0.25) is 19.2 Å². The summed E-state index contributed by atoms with van der Waals surface area (Å²) in [7, 11) is 0. The zero-order valence-electron chi connectivity index (χ0n) is 34.4. The number of carboxylic acid groups (broad SMARTS) is 1. The lowest BCUT2D eigenvalue weighted by Gasteiger charge is -2.30. The van der Waals surface area contributed by atoms with Gasteiger partial charge in [0.1, 0.15) is 30.5 Å². The molecule has 0 bridgehead atoms. The highest BCUT2D eigenvalue weighted by Gasteiger charge is 2.40. The highest BCUT2D eigenvalue weighted by atomic mass is 16.6. The number of aliphatic carboxylic acids is 1. The number of rotatable bonds is 20. The first-order chi connectivity index (χ1) is 29.5. The number of carbonyl (C=O) groups is 5. The molecule has 1 fully saturated rings. The summed E-state index contributed by atoms with van der Waals surface area (Å²) in [6, 6.07) is 10.7. The van der Waals surface area contributed by atoms with Gasteiger partial charge < -0.3 is 54.5 Å². The van der Waals surface area contributed by atoms with Crippen LogP contribution in [0.5, 0.6) is 0 Å². The van der Waals surface area contributed by atoms with Crippen LogP contribution in [0.25, 0.3) is 43.9 Å². The number of carboxylic acids is 1. The lowest BCUT2D eigenvalue weighted by atomic mass is 10.0. The number of fused-ring (bicyclic) bond motifs is 5. The van der Waals surface area contributed by atoms with Gasteiger partial charge in [-0.2, -0.15) is 0 Å². The maximum Gasteiger partial charge on any atom is 0.334 e. The minimum absolute atomic E-state index is 0.0197. The first kappa shape index (κ1) is 43.4. The molecular weight excluding hydrogens is 789 g/mol. The number of nitrogens with one attached hydrogen (secondary N) is 2. The summed E-state index contributed by atoms with van der Waals surface area (Å²) in [4.78, 5) is 72.4. The van der Waals surface area contributed by atoms with E-state index in [9.17, 15) is 29.1 Å². The third-order valence-corrected chi connectivity index (χ3v) is 10.9. The van der Waals surface area contributed by atoms with E-state index in [1.165, 1.54) is 4.90 Å². The van der Waals surface area contributed by atoms with E-state index in [0.29, 0.717) is 50.4 Å². The smallest absolute Gasteiger partial charge is 0.334 e. The van der Waals surface area contributed by atoms with Gasteiger partial charge in [0.25, 0.3) is 0 Å². The number of hydrogen-bond donors (Lipinski definition) is 4. The third-order valence-electron chi connectivity index (χ3n) is 10.9. The summed E-state index contributed by atoms with van der Waals surface area (Å²) in [5.41, 5.74) is 8.71. The Labute approximate surface area is 351 Å². The Bertz CT molecular complexity index is 2480. The van der Waals surface area contributed by atoms with Crippen molar-refractivity contribution in [2.75, 3.05) is 59.3 Å². The molecule has 324 valence electrons. The van der Waals surface area contributed by atoms with Crippen molar-refractivity contribution in [3.8, 4) is 0 Å². The minimum atomic E-state index is -1.42. The number of aromatic nitrogens is 2. The van der Waals surface area contributed by atoms with Crippen molar-refractivity contribution in [3.05, 3.63) is 65.6 Å². The average Bonchev–Trinajstić information content (AvgIpc) is 3.88. The molecule has 2 aliphatic rings. The zero-order chi connectivity index (χ0) is 43.0. The minimum Gasteiger partial charge on any atom is -0.481 e. The number of nitrogens with two attached hydrogens (primary N) is 1. The molecule has 0 saturated carbocycles. The van der Waals surface area contributed by atoms with E-state index >= 15 is 0 Å². The van der Waals surface area contributed by atoms with Gasteiger partial charge in [-0.15, -0.1) is 0 Å². The molecule has 61 heavy (non-hydrogen) atoms. The number of nitrogens with zero attached hydrogens (tertiary/aromatic N) is 3. The Morgan fingerprint density at radius 1 is 0.934 bits per heavy atom. The number of benzene rings is 2. The van der Waals surface area contributed by atoms with E-state index < -0.39 is 60.1 Å². The molecule has 17 heteroatoms. The molecule has 0 aliphatic carbocycles. The van der Waals surface area contributed by atoms with Crippen LogP contribution in [0.3, 0.4) is 0 Å². The molecule has 5 heterocycles. The third kappa shape index (κ3) is 9.92. The summed E-state index contributed by atoms with van der Waals surface area (Å²) < 4.78 is 29.9. The Kier molecular flexibility index (Phi) is 14.1. The monoisotopic (exact) mass is 840 g/mol. The largest absolute Gasteiger partial charge is 0.481 e. The second kappa shape index (κ2) is 19.8. The second-order valence-corrected chi connectivity index (χ2v) is 15.5. The van der Waals surface area contributed by atoms with Crippen molar-refractivity contribution >= 4 is 73.5 Å². The summed E-state index contributed by atoms with van der Waals surface area (Å²) in [5.74, 6) is -3.99. The molecule has 1 saturated heterocycles. The Hall–Kier alpha value is -5.72. The van der Waals surface area contributed by atoms with Crippen molar-refractivity contribution < 1.29 is 52.8 Å². The number of hydrogen-bond acceptors (Lipinski definition) is 12. The standard InChI is InChI=1S/C44H52N6O11/c1-26(2)40(48-42(54)34-10-5-13-50(34)43(55)33(21-38(52)53)46-37(51)11-14-57-16-18-59-19-17-58-15-12-45)44(56)61-36-25-60-24-28-22-49-23-31-29-8-3-6-27-7-4-9-32(39(27)29)47-41(31)35(49)20-30(28)36/h3-4,6-9,20,22-23,26,33-34,40H,5,10-19,21,24-25,45H2,1-2H3,(H,46,51)(H,48,54)(H,52,53)/t33-,34-,40-/m0/s1. The number of esters is 1. The zero-order valence-corrected chi connectivity index (χ0v) is 34.4. The first-order valence-electron chi connectivity index (χ1n) is 20.7. The molecular formula is C44H52N6O11. The van der Waals surface area contributed by atoms with Gasteiger partial charge in [0, 0.05) is 53.5 Å². The maximum absolute atomic E-state index is 13.9. The molecule has 7 rings (SSSR count). The van der Waals surface area contributed by atoms with Crippen LogP contribution in [0.2, 0.25) is 0 Å². The molecule has 2 aromatic carbocycles. The molecule has 0 spiro atoms. The van der Waals surface area contributed by atoms with Crippen LogP contribution in [-0.4, -0.2) is 127 Å². The predicted octanol–water partition coefficient (Wildman–Crippen LogP) is 2.18. The van der Waals surface area contributed by atoms with Crippen molar-refractivity contribution in [1.82, 2.24) is 24.9 Å². The molecule has 17 nitrogen and oxygen atoms in total. The average molecular weight is 841 g/mol. The normalized spacial score (nSPS) is 16.4. The van der Waals surface area contributed by atoms with E-state index in [1.807, 2.05) is 34.9 Å². The number of ether oxygens (including phenoxy) is 5. The lowest BCUT2D eigenvalue weighted by Crippen LogP contribution is -2.56. The Morgan fingerprint density at radius 2 is 1.67 bits per heavy atom. The second-order valence-electron chi connectivity index (χ2n) is 15.5. The van der Waals surface area contributed by atoms with E-state index in [-0.39, 0.29) is 45.8 Å². The van der Waals surface area contributed by atoms with Crippen LogP contribution in [0.1, 0.15) is 45.1 Å². The van der Waals surface area contributed by atoms with E-state index in [4.69, 9.17) is 34.4 Å². The van der Waals surface area contributed by atoms with Crippen molar-refractivity contribution in [3.63, 3.8) is 0 Å². The topological polar surface area (TPSA) is 222 Å². The number of carbonyl (C=O) groups excluding carboxylic acids is 4. The van der Waals surface area contributed by atoms with Crippen LogP contribution in [-0.2, 0) is 54.3 Å². The van der Waals surface area contributed by atoms with Crippen molar-refractivity contribution in [1.29, 1.82) is 0 Å². The fourth-order valence-electron chi connectivity index (χ4n) is 7.98. The Morgan fingerprint density at radius 3 is 2.41 bits per heavy atom. The summed E-state index contributed by atoms with van der Waals surface area (Å²) in [5, 5.41) is 19.9. The number of amides is 3. The molecule has 3 amide bonds. The fourth-order valence-corrected chi connectivity index (χ4v) is 7.98. The van der Waals surface area contributed by atoms with Crippen LogP contribution < -0.4 is 21.6 Å². The number of likely N-dealkylation sites (tertiary alicyclic amines) is 1. The highest BCUT2D eigenvalue weighted by Crippen LogP contribution is 2.34. The van der Waals surface area contributed by atoms with Gasteiger partial charge in [0.2, 0.25) is 17.7 Å². The van der Waals surface area contributed by atoms with E-state index in [0.717, 1.165) is 43.7 Å². The van der Waals surface area contributed by atoms with Crippen LogP contribution in [0.15, 0.2) is 54.9 Å². The lowest BCUT2D eigenvalue weighted by molar-refractivity contribution is -0.148. The van der Waals surface area contributed by atoms with Crippen LogP contribution >= 0.6 is 0 Å².